The van der Waals surface area contributed by atoms with Crippen molar-refractivity contribution in [3.63, 3.8) is 0 Å². The largest absolute Gasteiger partial charge is 0.497 e. The van der Waals surface area contributed by atoms with Crippen LogP contribution in [0.3, 0.4) is 0 Å². The Morgan fingerprint density at radius 1 is 1.08 bits per heavy atom. The maximum absolute atomic E-state index is 14.0. The van der Waals surface area contributed by atoms with E-state index in [-0.39, 0.29) is 16.7 Å². The minimum Gasteiger partial charge on any atom is -0.497 e. The Balaban J connectivity index is 1.88. The average molecular weight is 528 g/mol. The fraction of sp³-hybridized carbons (Fsp3) is 0.323. The number of methoxy groups -OCH3 is 1. The van der Waals surface area contributed by atoms with Gasteiger partial charge in [-0.1, -0.05) is 58.4 Å². The van der Waals surface area contributed by atoms with E-state index in [9.17, 15) is 9.59 Å². The van der Waals surface area contributed by atoms with E-state index >= 15 is 0 Å². The van der Waals surface area contributed by atoms with Crippen LogP contribution in [0.5, 0.6) is 5.75 Å². The number of rotatable bonds is 8. The third-order valence-corrected chi connectivity index (χ3v) is 6.73. The maximum Gasteiger partial charge on any atom is 0.323 e. The second-order valence-corrected chi connectivity index (χ2v) is 10.6. The quantitative estimate of drug-likeness (QED) is 0.250. The third kappa shape index (κ3) is 5.96. The lowest BCUT2D eigenvalue weighted by molar-refractivity contribution is 0.262. The van der Waals surface area contributed by atoms with Gasteiger partial charge in [-0.25, -0.2) is 9.78 Å². The van der Waals surface area contributed by atoms with Crippen molar-refractivity contribution in [3.8, 4) is 16.9 Å². The summed E-state index contributed by atoms with van der Waals surface area (Å²) in [6, 6.07) is 16.5. The summed E-state index contributed by atoms with van der Waals surface area (Å²) in [7, 11) is 1.59. The van der Waals surface area contributed by atoms with E-state index in [2.05, 4.69) is 43.3 Å². The van der Waals surface area contributed by atoms with Crippen LogP contribution >= 0.6 is 0 Å². The van der Waals surface area contributed by atoms with Gasteiger partial charge in [-0.3, -0.25) is 9.36 Å². The Bertz CT molecular complexity index is 1550. The molecule has 0 spiro atoms. The molecule has 0 saturated heterocycles. The van der Waals surface area contributed by atoms with Crippen LogP contribution in [-0.4, -0.2) is 22.7 Å². The van der Waals surface area contributed by atoms with Crippen LogP contribution in [0.25, 0.3) is 22.2 Å². The third-order valence-electron chi connectivity index (χ3n) is 6.73. The van der Waals surface area contributed by atoms with Crippen molar-refractivity contribution in [2.24, 2.45) is 5.73 Å². The van der Waals surface area contributed by atoms with Crippen LogP contribution in [0.4, 0.5) is 16.2 Å². The van der Waals surface area contributed by atoms with Gasteiger partial charge in [-0.05, 0) is 58.9 Å². The summed E-state index contributed by atoms with van der Waals surface area (Å²) in [6.45, 7) is 9.15. The van der Waals surface area contributed by atoms with E-state index in [1.165, 1.54) is 0 Å². The van der Waals surface area contributed by atoms with Crippen LogP contribution in [0.1, 0.15) is 51.7 Å². The van der Waals surface area contributed by atoms with E-state index in [0.29, 0.717) is 35.7 Å². The molecule has 0 unspecified atom stereocenters. The number of carbonyl (C=O) groups is 1. The van der Waals surface area contributed by atoms with Gasteiger partial charge in [0.25, 0.3) is 5.56 Å². The number of urea groups is 1. The SMILES string of the molecule is CCCCn1c(=O)c(NC(=O)Nc2cc(CN)ccc2C(C)(C)C)c(-c2cccc(OC)c2)c2cccnc21. The number of nitrogens with zero attached hydrogens (tertiary/aromatic N) is 2. The highest BCUT2D eigenvalue weighted by Gasteiger charge is 2.23. The number of aromatic nitrogens is 2. The van der Waals surface area contributed by atoms with Gasteiger partial charge in [0, 0.05) is 35.9 Å². The standard InChI is InChI=1S/C31H37N5O3/c1-6-7-16-36-28-23(12-9-15-33-28)26(21-10-8-11-22(18-21)39-5)27(29(36)37)35-30(38)34-25-17-20(19-32)13-14-24(25)31(2,3)4/h8-15,17-18H,6-7,16,19,32H2,1-5H3,(H2,34,35,38). The lowest BCUT2D eigenvalue weighted by Gasteiger charge is -2.24. The van der Waals surface area contributed by atoms with E-state index < -0.39 is 6.03 Å². The highest BCUT2D eigenvalue weighted by molar-refractivity contribution is 6.07. The molecule has 39 heavy (non-hydrogen) atoms. The van der Waals surface area contributed by atoms with Crippen molar-refractivity contribution in [2.75, 3.05) is 17.7 Å². The first kappa shape index (κ1) is 27.9. The first-order chi connectivity index (χ1) is 18.7. The zero-order valence-corrected chi connectivity index (χ0v) is 23.3. The molecule has 2 amide bonds. The Morgan fingerprint density at radius 3 is 2.56 bits per heavy atom. The zero-order valence-electron chi connectivity index (χ0n) is 23.3. The van der Waals surface area contributed by atoms with Crippen molar-refractivity contribution < 1.29 is 9.53 Å². The normalized spacial score (nSPS) is 11.4. The topological polar surface area (TPSA) is 111 Å². The lowest BCUT2D eigenvalue weighted by atomic mass is 9.85. The molecule has 4 aromatic rings. The highest BCUT2D eigenvalue weighted by Crippen LogP contribution is 2.35. The van der Waals surface area contributed by atoms with Gasteiger partial charge in [0.05, 0.1) is 7.11 Å². The van der Waals surface area contributed by atoms with Crippen molar-refractivity contribution >= 4 is 28.4 Å². The number of nitrogens with two attached hydrogens (primary N) is 1. The Hall–Kier alpha value is -4.17. The van der Waals surface area contributed by atoms with Gasteiger partial charge in [0.1, 0.15) is 17.1 Å². The van der Waals surface area contributed by atoms with Gasteiger partial charge in [0.15, 0.2) is 0 Å². The fourth-order valence-electron chi connectivity index (χ4n) is 4.74. The molecule has 4 rings (SSSR count). The number of pyridine rings is 2. The molecular formula is C31H37N5O3. The molecule has 8 nitrogen and oxygen atoms in total. The van der Waals surface area contributed by atoms with Crippen LogP contribution in [0.2, 0.25) is 0 Å². The van der Waals surface area contributed by atoms with Crippen LogP contribution < -0.4 is 26.7 Å². The molecule has 204 valence electrons. The lowest BCUT2D eigenvalue weighted by Crippen LogP contribution is -2.30. The number of anilines is 2. The number of aryl methyl sites for hydroxylation is 1. The fourth-order valence-corrected chi connectivity index (χ4v) is 4.74. The molecule has 0 atom stereocenters. The number of hydrogen-bond donors (Lipinski definition) is 3. The molecule has 2 heterocycles. The summed E-state index contributed by atoms with van der Waals surface area (Å²) in [4.78, 5) is 32.1. The number of nitrogens with one attached hydrogen (secondary N) is 2. The number of amides is 2. The van der Waals surface area contributed by atoms with Crippen molar-refractivity contribution in [1.29, 1.82) is 0 Å². The molecule has 0 bridgehead atoms. The van der Waals surface area contributed by atoms with Crippen molar-refractivity contribution in [3.05, 3.63) is 82.3 Å². The summed E-state index contributed by atoms with van der Waals surface area (Å²) in [5.41, 5.74) is 9.96. The first-order valence-corrected chi connectivity index (χ1v) is 13.2. The zero-order chi connectivity index (χ0) is 28.2. The number of hydrogen-bond acceptors (Lipinski definition) is 5. The highest BCUT2D eigenvalue weighted by atomic mass is 16.5. The number of benzene rings is 2. The Labute approximate surface area is 229 Å². The maximum atomic E-state index is 14.0. The van der Waals surface area contributed by atoms with Crippen LogP contribution in [-0.2, 0) is 18.5 Å². The first-order valence-electron chi connectivity index (χ1n) is 13.2. The monoisotopic (exact) mass is 527 g/mol. The second kappa shape index (κ2) is 11.7. The summed E-state index contributed by atoms with van der Waals surface area (Å²) < 4.78 is 7.10. The van der Waals surface area contributed by atoms with Gasteiger partial charge in [-0.2, -0.15) is 0 Å². The van der Waals surface area contributed by atoms with Gasteiger partial charge in [-0.15, -0.1) is 0 Å². The molecule has 0 aliphatic carbocycles. The molecule has 2 aromatic carbocycles. The summed E-state index contributed by atoms with van der Waals surface area (Å²) in [6.07, 6.45) is 3.39. The minimum atomic E-state index is -0.513. The van der Waals surface area contributed by atoms with Crippen molar-refractivity contribution in [1.82, 2.24) is 9.55 Å². The van der Waals surface area contributed by atoms with Crippen LogP contribution in [0.15, 0.2) is 65.6 Å². The molecular weight excluding hydrogens is 490 g/mol. The Kier molecular flexibility index (Phi) is 8.35. The molecule has 0 saturated carbocycles. The molecule has 0 aliphatic heterocycles. The molecule has 2 aromatic heterocycles. The summed E-state index contributed by atoms with van der Waals surface area (Å²) >= 11 is 0. The van der Waals surface area contributed by atoms with E-state index in [4.69, 9.17) is 10.5 Å². The minimum absolute atomic E-state index is 0.185. The molecule has 0 fully saturated rings. The smallest absolute Gasteiger partial charge is 0.323 e. The molecule has 4 N–H and O–H groups in total. The van der Waals surface area contributed by atoms with Crippen LogP contribution in [0, 0.1) is 0 Å². The number of unbranched alkanes of at least 4 members (excludes halogenated alkanes) is 1. The number of fused-ring (bicyclic) bond motifs is 1. The molecule has 0 radical (unpaired) electrons. The predicted molar refractivity (Wildman–Crippen MR) is 159 cm³/mol. The van der Waals surface area contributed by atoms with Gasteiger partial charge >= 0.3 is 6.03 Å². The van der Waals surface area contributed by atoms with E-state index in [1.54, 1.807) is 17.9 Å². The average Bonchev–Trinajstić information content (AvgIpc) is 2.92. The summed E-state index contributed by atoms with van der Waals surface area (Å²) in [5, 5.41) is 6.65. The second-order valence-electron chi connectivity index (χ2n) is 10.6. The van der Waals surface area contributed by atoms with E-state index in [1.807, 2.05) is 54.6 Å². The molecule has 0 aliphatic rings. The Morgan fingerprint density at radius 2 is 1.87 bits per heavy atom. The van der Waals surface area contributed by atoms with E-state index in [0.717, 1.165) is 34.9 Å². The van der Waals surface area contributed by atoms with Gasteiger partial charge in [0.2, 0.25) is 0 Å². The summed E-state index contributed by atoms with van der Waals surface area (Å²) in [5.74, 6) is 0.642. The number of carbonyl (C=O) groups excluding carboxylic acids is 1. The van der Waals surface area contributed by atoms with Crippen molar-refractivity contribution in [2.45, 2.75) is 59.0 Å². The molecule has 8 heteroatoms. The number of ether oxygens (including phenoxy) is 1. The van der Waals surface area contributed by atoms with Gasteiger partial charge < -0.3 is 21.1 Å². The predicted octanol–water partition coefficient (Wildman–Crippen LogP) is 6.27.